The number of thiazole rings is 1. The molecule has 24 heavy (non-hydrogen) atoms. The molecule has 1 N–H and O–H groups in total. The molecular formula is C17H18N2O4S. The van der Waals surface area contributed by atoms with Gasteiger partial charge in [-0.3, -0.25) is 14.4 Å². The van der Waals surface area contributed by atoms with Crippen molar-refractivity contribution in [2.45, 2.75) is 26.7 Å². The number of benzene rings is 1. The quantitative estimate of drug-likeness (QED) is 0.585. The van der Waals surface area contributed by atoms with Crippen LogP contribution in [0.1, 0.15) is 47.5 Å². The van der Waals surface area contributed by atoms with Gasteiger partial charge < -0.3 is 10.1 Å². The second kappa shape index (κ2) is 8.35. The minimum atomic E-state index is -0.171. The molecule has 1 aromatic carbocycles. The van der Waals surface area contributed by atoms with Gasteiger partial charge in [0, 0.05) is 24.3 Å². The van der Waals surface area contributed by atoms with Gasteiger partial charge in [-0.2, -0.15) is 0 Å². The molecule has 1 heterocycles. The number of anilines is 1. The van der Waals surface area contributed by atoms with Crippen molar-refractivity contribution in [3.05, 3.63) is 40.9 Å². The summed E-state index contributed by atoms with van der Waals surface area (Å²) >= 11 is 1.22. The van der Waals surface area contributed by atoms with Gasteiger partial charge in [0.25, 0.3) is 0 Å². The fraction of sp³-hybridized carbons (Fsp3) is 0.294. The average molecular weight is 346 g/mol. The van der Waals surface area contributed by atoms with Crippen LogP contribution in [0.2, 0.25) is 0 Å². The van der Waals surface area contributed by atoms with Gasteiger partial charge in [0.15, 0.2) is 16.7 Å². The van der Waals surface area contributed by atoms with E-state index >= 15 is 0 Å². The van der Waals surface area contributed by atoms with Crippen molar-refractivity contribution in [2.24, 2.45) is 0 Å². The Labute approximate surface area is 143 Å². The van der Waals surface area contributed by atoms with Crippen LogP contribution in [0, 0.1) is 0 Å². The smallest absolute Gasteiger partial charge is 0.226 e. The molecule has 0 saturated carbocycles. The molecule has 2 aromatic rings. The molecule has 126 valence electrons. The van der Waals surface area contributed by atoms with E-state index in [4.69, 9.17) is 4.74 Å². The highest BCUT2D eigenvalue weighted by Crippen LogP contribution is 2.16. The number of rotatable bonds is 8. The molecule has 0 spiro atoms. The van der Waals surface area contributed by atoms with E-state index in [1.54, 1.807) is 29.6 Å². The first kappa shape index (κ1) is 17.8. The molecule has 0 aliphatic carbocycles. The summed E-state index contributed by atoms with van der Waals surface area (Å²) in [4.78, 5) is 38.1. The van der Waals surface area contributed by atoms with Gasteiger partial charge in [-0.1, -0.05) is 0 Å². The van der Waals surface area contributed by atoms with Crippen molar-refractivity contribution in [3.8, 4) is 5.75 Å². The molecule has 0 aliphatic rings. The van der Waals surface area contributed by atoms with E-state index in [9.17, 15) is 14.4 Å². The van der Waals surface area contributed by atoms with Crippen LogP contribution < -0.4 is 10.1 Å². The minimum Gasteiger partial charge on any atom is -0.494 e. The lowest BCUT2D eigenvalue weighted by Crippen LogP contribution is -2.12. The summed E-state index contributed by atoms with van der Waals surface area (Å²) in [5.74, 6) is 0.366. The fourth-order valence-corrected chi connectivity index (χ4v) is 2.65. The van der Waals surface area contributed by atoms with Gasteiger partial charge >= 0.3 is 0 Å². The predicted molar refractivity (Wildman–Crippen MR) is 91.9 cm³/mol. The summed E-state index contributed by atoms with van der Waals surface area (Å²) in [5, 5.41) is 4.70. The summed E-state index contributed by atoms with van der Waals surface area (Å²) in [7, 11) is 0. The van der Waals surface area contributed by atoms with E-state index in [0.29, 0.717) is 41.6 Å². The normalized spacial score (nSPS) is 10.2. The second-order valence-electron chi connectivity index (χ2n) is 5.17. The number of amides is 1. The molecule has 0 bridgehead atoms. The van der Waals surface area contributed by atoms with Crippen LogP contribution in [-0.4, -0.2) is 29.1 Å². The Bertz CT molecular complexity index is 737. The topological polar surface area (TPSA) is 85.4 Å². The lowest BCUT2D eigenvalue weighted by molar-refractivity contribution is -0.116. The molecule has 0 aliphatic heterocycles. The molecule has 0 radical (unpaired) electrons. The molecular weight excluding hydrogens is 328 g/mol. The Morgan fingerprint density at radius 3 is 2.42 bits per heavy atom. The number of carbonyl (C=O) groups is 3. The first-order valence-corrected chi connectivity index (χ1v) is 8.34. The monoisotopic (exact) mass is 346 g/mol. The highest BCUT2D eigenvalue weighted by atomic mass is 32.1. The molecule has 0 saturated heterocycles. The van der Waals surface area contributed by atoms with Gasteiger partial charge in [-0.15, -0.1) is 11.3 Å². The molecule has 0 atom stereocenters. The number of hydrogen-bond acceptors (Lipinski definition) is 6. The maximum atomic E-state index is 11.8. The molecule has 2 rings (SSSR count). The van der Waals surface area contributed by atoms with E-state index in [-0.39, 0.29) is 17.5 Å². The summed E-state index contributed by atoms with van der Waals surface area (Å²) in [6.45, 7) is 3.33. The summed E-state index contributed by atoms with van der Waals surface area (Å²) in [6.07, 6.45) is 0.839. The van der Waals surface area contributed by atoms with Crippen molar-refractivity contribution >= 4 is 33.9 Å². The number of nitrogens with zero attached hydrogens (tertiary/aromatic N) is 1. The van der Waals surface area contributed by atoms with Crippen LogP contribution in [0.4, 0.5) is 5.13 Å². The van der Waals surface area contributed by atoms with Gasteiger partial charge in [0.1, 0.15) is 11.4 Å². The fourth-order valence-electron chi connectivity index (χ4n) is 1.88. The Kier molecular flexibility index (Phi) is 6.20. The van der Waals surface area contributed by atoms with Crippen LogP contribution in [0.15, 0.2) is 29.6 Å². The zero-order valence-electron chi connectivity index (χ0n) is 13.5. The summed E-state index contributed by atoms with van der Waals surface area (Å²) in [5.41, 5.74) is 0.989. The van der Waals surface area contributed by atoms with Gasteiger partial charge in [-0.05, 0) is 37.6 Å². The molecule has 1 aromatic heterocycles. The predicted octanol–water partition coefficient (Wildman–Crippen LogP) is 3.35. The largest absolute Gasteiger partial charge is 0.494 e. The number of ketones is 2. The van der Waals surface area contributed by atoms with Crippen LogP contribution >= 0.6 is 11.3 Å². The standard InChI is InChI=1S/C17H18N2O4S/c1-11(20)13-5-7-14(8-6-13)23-9-3-4-16(22)19-17-18-15(10-24-17)12(2)21/h5-8,10H,3-4,9H2,1-2H3,(H,18,19,22). The van der Waals surface area contributed by atoms with Crippen LogP contribution in [-0.2, 0) is 4.79 Å². The van der Waals surface area contributed by atoms with Crippen LogP contribution in [0.25, 0.3) is 0 Å². The Morgan fingerprint density at radius 1 is 1.12 bits per heavy atom. The molecule has 7 heteroatoms. The molecule has 0 unspecified atom stereocenters. The summed E-state index contributed by atoms with van der Waals surface area (Å²) in [6, 6.07) is 6.88. The van der Waals surface area contributed by atoms with Crippen molar-refractivity contribution in [1.29, 1.82) is 0 Å². The Balaban J connectivity index is 1.70. The van der Waals surface area contributed by atoms with Crippen molar-refractivity contribution in [3.63, 3.8) is 0 Å². The Morgan fingerprint density at radius 2 is 1.83 bits per heavy atom. The highest BCUT2D eigenvalue weighted by molar-refractivity contribution is 7.14. The SMILES string of the molecule is CC(=O)c1ccc(OCCCC(=O)Nc2nc(C(C)=O)cs2)cc1. The van der Waals surface area contributed by atoms with E-state index < -0.39 is 0 Å². The van der Waals surface area contributed by atoms with E-state index in [1.165, 1.54) is 25.2 Å². The zero-order chi connectivity index (χ0) is 17.5. The van der Waals surface area contributed by atoms with Crippen LogP contribution in [0.3, 0.4) is 0 Å². The Hall–Kier alpha value is -2.54. The van der Waals surface area contributed by atoms with E-state index in [1.807, 2.05) is 0 Å². The number of hydrogen-bond donors (Lipinski definition) is 1. The van der Waals surface area contributed by atoms with Crippen molar-refractivity contribution in [2.75, 3.05) is 11.9 Å². The third-order valence-corrected chi connectivity index (χ3v) is 3.95. The zero-order valence-corrected chi connectivity index (χ0v) is 14.3. The van der Waals surface area contributed by atoms with E-state index in [2.05, 4.69) is 10.3 Å². The van der Waals surface area contributed by atoms with Crippen molar-refractivity contribution < 1.29 is 19.1 Å². The molecule has 1 amide bonds. The lowest BCUT2D eigenvalue weighted by Gasteiger charge is -2.06. The van der Waals surface area contributed by atoms with Crippen LogP contribution in [0.5, 0.6) is 5.75 Å². The maximum Gasteiger partial charge on any atom is 0.226 e. The number of Topliss-reactive ketones (excluding diaryl/α,β-unsaturated/α-hetero) is 2. The number of ether oxygens (including phenoxy) is 1. The molecule has 0 fully saturated rings. The first-order valence-electron chi connectivity index (χ1n) is 7.46. The summed E-state index contributed by atoms with van der Waals surface area (Å²) < 4.78 is 5.53. The average Bonchev–Trinajstić information content (AvgIpc) is 3.00. The third-order valence-electron chi connectivity index (χ3n) is 3.19. The number of carbonyl (C=O) groups excluding carboxylic acids is 3. The minimum absolute atomic E-state index is 0.00772. The highest BCUT2D eigenvalue weighted by Gasteiger charge is 2.09. The van der Waals surface area contributed by atoms with Crippen molar-refractivity contribution in [1.82, 2.24) is 4.98 Å². The van der Waals surface area contributed by atoms with Gasteiger partial charge in [0.05, 0.1) is 6.61 Å². The van der Waals surface area contributed by atoms with E-state index in [0.717, 1.165) is 0 Å². The first-order chi connectivity index (χ1) is 11.5. The lowest BCUT2D eigenvalue weighted by atomic mass is 10.1. The van der Waals surface area contributed by atoms with Gasteiger partial charge in [-0.25, -0.2) is 4.98 Å². The second-order valence-corrected chi connectivity index (χ2v) is 6.03. The number of nitrogens with one attached hydrogen (secondary N) is 1. The molecule has 6 nitrogen and oxygen atoms in total. The number of aromatic nitrogens is 1. The van der Waals surface area contributed by atoms with Gasteiger partial charge in [0.2, 0.25) is 5.91 Å². The maximum absolute atomic E-state index is 11.8. The third kappa shape index (κ3) is 5.27.